The fourth-order valence-electron chi connectivity index (χ4n) is 27.4. The molecule has 12 aliphatic rings. The summed E-state index contributed by atoms with van der Waals surface area (Å²) in [6.45, 7) is 38.5. The molecule has 0 aromatic carbocycles. The topological polar surface area (TPSA) is 209 Å². The first-order chi connectivity index (χ1) is 55.3. The highest BCUT2D eigenvalue weighted by atomic mass is 16.6. The van der Waals surface area contributed by atoms with Crippen LogP contribution in [0.2, 0.25) is 0 Å². The average Bonchev–Trinajstić information content (AvgIpc) is 1.54. The molecule has 4 amide bonds. The van der Waals surface area contributed by atoms with Gasteiger partial charge >= 0.3 is 0 Å². The van der Waals surface area contributed by atoms with Crippen LogP contribution in [0.3, 0.4) is 0 Å². The molecule has 0 aromatic heterocycles. The van der Waals surface area contributed by atoms with E-state index in [1.807, 2.05) is 26.5 Å². The Morgan fingerprint density at radius 3 is 0.661 bits per heavy atom. The molecule has 12 fully saturated rings. The molecule has 8 spiro atoms. The van der Waals surface area contributed by atoms with Gasteiger partial charge in [-0.05, 0) is 227 Å². The number of aliphatic hydroxyl groups excluding tert-OH is 3. The molecule has 4 saturated carbocycles. The van der Waals surface area contributed by atoms with Crippen molar-refractivity contribution in [3.63, 3.8) is 0 Å². The third kappa shape index (κ3) is 22.0. The summed E-state index contributed by atoms with van der Waals surface area (Å²) in [5, 5.41) is 44.0. The number of ether oxygens (including phenoxy) is 4. The molecule has 0 aromatic rings. The van der Waals surface area contributed by atoms with Crippen molar-refractivity contribution in [2.24, 2.45) is 0 Å². The Labute approximate surface area is 719 Å². The van der Waals surface area contributed by atoms with Gasteiger partial charge in [0.2, 0.25) is 0 Å². The molecule has 8 saturated heterocycles. The van der Waals surface area contributed by atoms with Gasteiger partial charge in [-0.2, -0.15) is 0 Å². The minimum Gasteiger partial charge on any atom is -0.391 e. The highest BCUT2D eigenvalue weighted by molar-refractivity contribution is 5.91. The minimum absolute atomic E-state index is 0.0129. The van der Waals surface area contributed by atoms with Gasteiger partial charge in [-0.1, -0.05) is 187 Å². The Balaban J connectivity index is 0.000000367. The molecule has 4 aliphatic carbocycles. The molecule has 8 aliphatic heterocycles. The quantitative estimate of drug-likeness (QED) is 0.130. The average molecular weight is 1660 g/mol. The molecule has 0 radical (unpaired) electrons. The second-order valence-corrected chi connectivity index (χ2v) is 46.5. The first-order valence-electron chi connectivity index (χ1n) is 49.6. The molecule has 5 N–H and O–H groups in total. The van der Waals surface area contributed by atoms with E-state index in [9.17, 15) is 20.1 Å². The molecular formula is C99H178N8O11. The van der Waals surface area contributed by atoms with Crippen LogP contribution < -0.4 is 10.6 Å². The number of piperidine rings is 4. The van der Waals surface area contributed by atoms with E-state index in [-0.39, 0.29) is 76.5 Å². The second-order valence-electron chi connectivity index (χ2n) is 46.5. The highest BCUT2D eigenvalue weighted by Crippen LogP contribution is 2.59. The number of nitrogens with zero attached hydrogens (tertiary/aromatic N) is 6. The van der Waals surface area contributed by atoms with Gasteiger partial charge in [0.15, 0.2) is 22.4 Å². The number of rotatable bonds is 11. The van der Waals surface area contributed by atoms with E-state index in [1.54, 1.807) is 0 Å². The fraction of sp³-hybridized carbons (Fsp3) is 0.960. The van der Waals surface area contributed by atoms with Crippen LogP contribution in [0, 0.1) is 0 Å². The highest BCUT2D eigenvalue weighted by Gasteiger charge is 2.71. The van der Waals surface area contributed by atoms with Crippen molar-refractivity contribution in [2.45, 2.75) is 566 Å². The molecule has 3 unspecified atom stereocenters. The first kappa shape index (κ1) is 96.1. The summed E-state index contributed by atoms with van der Waals surface area (Å²) in [6.07, 6.45) is 50.8. The number of nitrogens with one attached hydrogen (secondary N) is 2. The van der Waals surface area contributed by atoms with Crippen molar-refractivity contribution in [1.29, 1.82) is 0 Å². The van der Waals surface area contributed by atoms with Crippen LogP contribution in [-0.4, -0.2) is 216 Å². The fourth-order valence-corrected chi connectivity index (χ4v) is 27.4. The summed E-state index contributed by atoms with van der Waals surface area (Å²) in [7, 11) is 2.18. The SMILES string of the molecule is CCC(O)CN1C(=O)C2(CC(C)(C)NC(C)(C)C2)OC12CCCCCCCCCCC2.CN1C(C)(C)CC2(CC1(C)C)OC1(CCCCCCCCCCC1)N(CC(O)CN1C(=O)C3(CC(C)(C)N(CC(O)CN4C(=O)C5(CC(C)(C)NC(C)(C)C5)OC45CCCCCCCCCCC5)C(C)(C)C3)OC13CCCCCCCCCCC3)C2=O. The lowest BCUT2D eigenvalue weighted by molar-refractivity contribution is -0.206. The summed E-state index contributed by atoms with van der Waals surface area (Å²) in [6, 6.07) is 0. The van der Waals surface area contributed by atoms with Gasteiger partial charge in [0.25, 0.3) is 23.6 Å². The van der Waals surface area contributed by atoms with Crippen LogP contribution in [0.5, 0.6) is 0 Å². The zero-order valence-electron chi connectivity index (χ0n) is 79.0. The van der Waals surface area contributed by atoms with E-state index in [2.05, 4.69) is 138 Å². The van der Waals surface area contributed by atoms with E-state index >= 15 is 14.4 Å². The smallest absolute Gasteiger partial charge is 0.257 e. The predicted octanol–water partition coefficient (Wildman–Crippen LogP) is 19.7. The summed E-state index contributed by atoms with van der Waals surface area (Å²) in [5.41, 5.74) is -9.92. The van der Waals surface area contributed by atoms with Crippen LogP contribution in [-0.2, 0) is 38.1 Å². The lowest BCUT2D eigenvalue weighted by Crippen LogP contribution is -2.69. The molecule has 8 heterocycles. The molecule has 3 atom stereocenters. The standard InChI is InChI=1S/C73H130N6O8.C26H48N2O3/c1-62(2)51-68(52-63(3,4)74-62)59(82)78(71(85-68)41-35-29-23-17-14-18-24-30-36-42-71)49-58(81)50-79-66(9,10)55-70(56-67(79,11)12)61(84)77(73(87-70)45-39-33-27-21-16-22-28-34-40-46-73)48-57(80)47-76-60(83)69(53-64(5,6)75(13)65(7,8)54-69)86-72(76)43-37-31-25-19-15-20-26-32-38-44-72;1-6-21(29)18-28-22(30)25(19-23(2,3)27-24(4,5)20-25)31-26(28)16-14-12-10-8-7-9-11-13-15-17-26/h57-58,74,80-81H,14-56H2,1-13H3;21,27,29H,6-20H2,1-5H3. The van der Waals surface area contributed by atoms with Gasteiger partial charge in [-0.15, -0.1) is 0 Å². The van der Waals surface area contributed by atoms with E-state index in [0.717, 1.165) is 141 Å². The zero-order chi connectivity index (χ0) is 85.8. The molecule has 19 heteroatoms. The Hall–Kier alpha value is -2.56. The lowest BCUT2D eigenvalue weighted by atomic mass is 9.70. The van der Waals surface area contributed by atoms with Gasteiger partial charge < -0.3 is 64.5 Å². The summed E-state index contributed by atoms with van der Waals surface area (Å²) >= 11 is 0. The maximum absolute atomic E-state index is 16.4. The van der Waals surface area contributed by atoms with Crippen molar-refractivity contribution in [2.75, 3.05) is 39.8 Å². The number of carbonyl (C=O) groups excluding carboxylic acids is 4. The largest absolute Gasteiger partial charge is 0.391 e. The minimum atomic E-state index is -1.18. The number of hydrogen-bond acceptors (Lipinski definition) is 15. The summed E-state index contributed by atoms with van der Waals surface area (Å²) in [5.74, 6) is 0.125. The lowest BCUT2D eigenvalue weighted by Gasteiger charge is -2.58. The molecule has 680 valence electrons. The van der Waals surface area contributed by atoms with Crippen molar-refractivity contribution in [3.8, 4) is 0 Å². The molecule has 118 heavy (non-hydrogen) atoms. The van der Waals surface area contributed by atoms with Crippen LogP contribution >= 0.6 is 0 Å². The van der Waals surface area contributed by atoms with Gasteiger partial charge in [-0.25, -0.2) is 0 Å². The third-order valence-corrected chi connectivity index (χ3v) is 31.4. The molecule has 12 rings (SSSR count). The van der Waals surface area contributed by atoms with Crippen LogP contribution in [0.15, 0.2) is 0 Å². The maximum Gasteiger partial charge on any atom is 0.257 e. The molecule has 19 nitrogen and oxygen atoms in total. The van der Waals surface area contributed by atoms with Crippen molar-refractivity contribution in [3.05, 3.63) is 0 Å². The third-order valence-electron chi connectivity index (χ3n) is 31.4. The Bertz CT molecular complexity index is 3170. The van der Waals surface area contributed by atoms with Gasteiger partial charge in [0, 0.05) is 109 Å². The van der Waals surface area contributed by atoms with Crippen LogP contribution in [0.4, 0.5) is 0 Å². The summed E-state index contributed by atoms with van der Waals surface area (Å²) < 4.78 is 30.1. The number of β-amino-alcohol motifs (C(OH)–C–C–N with tert-alkyl or cyclic N) is 3. The van der Waals surface area contributed by atoms with Crippen molar-refractivity contribution in [1.82, 2.24) is 40.0 Å². The number of likely N-dealkylation sites (tertiary alicyclic amines) is 2. The van der Waals surface area contributed by atoms with Crippen molar-refractivity contribution >= 4 is 23.6 Å². The van der Waals surface area contributed by atoms with E-state index in [4.69, 9.17) is 18.9 Å². The monoisotopic (exact) mass is 1660 g/mol. The number of hydrogen-bond donors (Lipinski definition) is 5. The van der Waals surface area contributed by atoms with Crippen molar-refractivity contribution < 1.29 is 53.4 Å². The second kappa shape index (κ2) is 38.2. The molecule has 0 bridgehead atoms. The number of amides is 4. The Morgan fingerprint density at radius 2 is 0.449 bits per heavy atom. The maximum atomic E-state index is 16.4. The normalized spacial score (nSPS) is 30.8. The van der Waals surface area contributed by atoms with Gasteiger partial charge in [0.05, 0.1) is 37.9 Å². The van der Waals surface area contributed by atoms with Crippen LogP contribution in [0.1, 0.15) is 458 Å². The predicted molar refractivity (Wildman–Crippen MR) is 475 cm³/mol. The van der Waals surface area contributed by atoms with Gasteiger partial charge in [0.1, 0.15) is 22.9 Å². The summed E-state index contributed by atoms with van der Waals surface area (Å²) in [4.78, 5) is 74.8. The Morgan fingerprint density at radius 1 is 0.271 bits per heavy atom. The number of aliphatic hydroxyl groups is 3. The molecular weight excluding hydrogens is 1480 g/mol. The van der Waals surface area contributed by atoms with E-state index in [0.29, 0.717) is 83.7 Å². The first-order valence-corrected chi connectivity index (χ1v) is 49.6. The zero-order valence-corrected chi connectivity index (χ0v) is 79.0. The Kier molecular flexibility index (Phi) is 31.1. The van der Waals surface area contributed by atoms with E-state index in [1.165, 1.54) is 128 Å². The van der Waals surface area contributed by atoms with Gasteiger partial charge in [-0.3, -0.25) is 29.0 Å². The number of carbonyl (C=O) groups is 4. The van der Waals surface area contributed by atoms with Crippen LogP contribution in [0.25, 0.3) is 0 Å². The van der Waals surface area contributed by atoms with E-state index < -0.39 is 74.7 Å².